The Hall–Kier alpha value is -0.830. The molecule has 0 saturated carbocycles. The van der Waals surface area contributed by atoms with E-state index in [4.69, 9.17) is 0 Å². The molecule has 0 aromatic heterocycles. The molecule has 1 N–H and O–H groups in total. The van der Waals surface area contributed by atoms with E-state index in [1.165, 1.54) is 76.7 Å². The van der Waals surface area contributed by atoms with Gasteiger partial charge in [-0.2, -0.15) is 0 Å². The van der Waals surface area contributed by atoms with E-state index in [-0.39, 0.29) is 5.91 Å². The number of amides is 1. The number of quaternary nitrogens is 1. The maximum Gasteiger partial charge on any atom is 0.243 e. The van der Waals surface area contributed by atoms with Gasteiger partial charge in [0.2, 0.25) is 5.91 Å². The van der Waals surface area contributed by atoms with Crippen molar-refractivity contribution >= 4 is 5.91 Å². The van der Waals surface area contributed by atoms with Crippen LogP contribution in [0.3, 0.4) is 0 Å². The number of hydrogen-bond donors (Lipinski definition) is 1. The average Bonchev–Trinajstić information content (AvgIpc) is 2.53. The first-order valence-electron chi connectivity index (χ1n) is 10.1. The van der Waals surface area contributed by atoms with Gasteiger partial charge >= 0.3 is 0 Å². The molecule has 0 aromatic carbocycles. The Kier molecular flexibility index (Phi) is 14.0. The molecule has 1 atom stereocenters. The highest BCUT2D eigenvalue weighted by atomic mass is 16.1. The fourth-order valence-electron chi connectivity index (χ4n) is 3.23. The van der Waals surface area contributed by atoms with Crippen LogP contribution in [0.15, 0.2) is 12.7 Å². The summed E-state index contributed by atoms with van der Waals surface area (Å²) < 4.78 is 1.02. The molecule has 0 radical (unpaired) electrons. The largest absolute Gasteiger partial charge is 0.353 e. The second-order valence-corrected chi connectivity index (χ2v) is 8.02. The lowest BCUT2D eigenvalue weighted by Crippen LogP contribution is -2.45. The Labute approximate surface area is 151 Å². The SMILES string of the molecule is C=CC(=O)NCCCC(CCCCCCCCCCC)[N+](C)(C)C. The van der Waals surface area contributed by atoms with Crippen molar-refractivity contribution in [2.45, 2.75) is 90.0 Å². The number of carbonyl (C=O) groups excluding carboxylic acids is 1. The molecule has 0 saturated heterocycles. The number of carbonyl (C=O) groups is 1. The van der Waals surface area contributed by atoms with Crippen LogP contribution < -0.4 is 5.32 Å². The van der Waals surface area contributed by atoms with Crippen LogP contribution in [0.1, 0.15) is 84.0 Å². The first-order valence-corrected chi connectivity index (χ1v) is 10.1. The molecule has 3 heteroatoms. The summed E-state index contributed by atoms with van der Waals surface area (Å²) in [5.74, 6) is -0.0595. The zero-order valence-corrected chi connectivity index (χ0v) is 16.9. The summed E-state index contributed by atoms with van der Waals surface area (Å²) in [5, 5.41) is 2.88. The highest BCUT2D eigenvalue weighted by molar-refractivity contribution is 5.86. The van der Waals surface area contributed by atoms with E-state index in [0.29, 0.717) is 6.04 Å². The molecule has 0 aliphatic rings. The lowest BCUT2D eigenvalue weighted by atomic mass is 9.99. The molecule has 3 nitrogen and oxygen atoms in total. The monoisotopic (exact) mass is 339 g/mol. The van der Waals surface area contributed by atoms with Crippen molar-refractivity contribution in [2.24, 2.45) is 0 Å². The maximum atomic E-state index is 11.2. The van der Waals surface area contributed by atoms with Gasteiger partial charge in [-0.3, -0.25) is 4.79 Å². The Bertz CT molecular complexity index is 320. The first kappa shape index (κ1) is 23.2. The zero-order chi connectivity index (χ0) is 18.3. The molecule has 0 aliphatic heterocycles. The van der Waals surface area contributed by atoms with Gasteiger partial charge in [0.05, 0.1) is 27.2 Å². The van der Waals surface area contributed by atoms with Crippen molar-refractivity contribution < 1.29 is 9.28 Å². The minimum Gasteiger partial charge on any atom is -0.353 e. The second kappa shape index (κ2) is 14.5. The van der Waals surface area contributed by atoms with Crippen LogP contribution in [0.4, 0.5) is 0 Å². The van der Waals surface area contributed by atoms with Crippen molar-refractivity contribution in [3.05, 3.63) is 12.7 Å². The van der Waals surface area contributed by atoms with Crippen LogP contribution in [-0.4, -0.2) is 44.1 Å². The molecule has 0 aliphatic carbocycles. The minimum absolute atomic E-state index is 0.0595. The van der Waals surface area contributed by atoms with Crippen LogP contribution in [0.25, 0.3) is 0 Å². The van der Waals surface area contributed by atoms with Crippen LogP contribution in [0.2, 0.25) is 0 Å². The Morgan fingerprint density at radius 3 is 1.92 bits per heavy atom. The van der Waals surface area contributed by atoms with E-state index in [1.54, 1.807) is 0 Å². The van der Waals surface area contributed by atoms with Crippen molar-refractivity contribution in [2.75, 3.05) is 27.7 Å². The molecule has 0 fully saturated rings. The summed E-state index contributed by atoms with van der Waals surface area (Å²) in [6.07, 6.45) is 17.4. The number of rotatable bonds is 16. The molecule has 0 spiro atoms. The molecule has 0 rings (SSSR count). The number of nitrogens with one attached hydrogen (secondary N) is 1. The fraction of sp³-hybridized carbons (Fsp3) is 0.857. The Morgan fingerprint density at radius 1 is 0.917 bits per heavy atom. The smallest absolute Gasteiger partial charge is 0.243 e. The van der Waals surface area contributed by atoms with E-state index < -0.39 is 0 Å². The average molecular weight is 340 g/mol. The predicted molar refractivity (Wildman–Crippen MR) is 106 cm³/mol. The van der Waals surface area contributed by atoms with Gasteiger partial charge < -0.3 is 9.80 Å². The molecular formula is C21H43N2O+. The van der Waals surface area contributed by atoms with Gasteiger partial charge in [-0.1, -0.05) is 64.9 Å². The van der Waals surface area contributed by atoms with E-state index in [2.05, 4.69) is 40.0 Å². The third kappa shape index (κ3) is 13.6. The topological polar surface area (TPSA) is 29.1 Å². The Morgan fingerprint density at radius 2 is 1.42 bits per heavy atom. The van der Waals surface area contributed by atoms with Gasteiger partial charge in [-0.25, -0.2) is 0 Å². The summed E-state index contributed by atoms with van der Waals surface area (Å²) in [7, 11) is 6.88. The standard InChI is InChI=1S/C21H42N2O/c1-6-8-9-10-11-12-13-14-15-17-20(23(3,4)5)18-16-19-22-21(24)7-2/h7,20H,2,6,8-19H2,1,3-5H3/p+1. The highest BCUT2D eigenvalue weighted by Crippen LogP contribution is 2.18. The normalized spacial score (nSPS) is 12.8. The lowest BCUT2D eigenvalue weighted by Gasteiger charge is -2.34. The molecular weight excluding hydrogens is 296 g/mol. The van der Waals surface area contributed by atoms with Gasteiger partial charge in [0.25, 0.3) is 0 Å². The van der Waals surface area contributed by atoms with Crippen LogP contribution in [0.5, 0.6) is 0 Å². The quantitative estimate of drug-likeness (QED) is 0.237. The van der Waals surface area contributed by atoms with Gasteiger partial charge in [-0.05, 0) is 25.3 Å². The molecule has 0 aromatic rings. The van der Waals surface area contributed by atoms with Crippen molar-refractivity contribution in [3.63, 3.8) is 0 Å². The molecule has 1 amide bonds. The van der Waals surface area contributed by atoms with E-state index in [1.807, 2.05) is 0 Å². The number of unbranched alkanes of at least 4 members (excludes halogenated alkanes) is 8. The summed E-state index contributed by atoms with van der Waals surface area (Å²) in [4.78, 5) is 11.2. The fourth-order valence-corrected chi connectivity index (χ4v) is 3.23. The highest BCUT2D eigenvalue weighted by Gasteiger charge is 2.22. The molecule has 0 heterocycles. The molecule has 0 bridgehead atoms. The third-order valence-corrected chi connectivity index (χ3v) is 4.94. The van der Waals surface area contributed by atoms with Crippen LogP contribution in [0, 0.1) is 0 Å². The Balaban J connectivity index is 3.77. The van der Waals surface area contributed by atoms with Crippen molar-refractivity contribution in [1.29, 1.82) is 0 Å². The van der Waals surface area contributed by atoms with Crippen LogP contribution in [-0.2, 0) is 4.79 Å². The summed E-state index contributed by atoms with van der Waals surface area (Å²) in [5.41, 5.74) is 0. The minimum atomic E-state index is -0.0595. The third-order valence-electron chi connectivity index (χ3n) is 4.94. The summed E-state index contributed by atoms with van der Waals surface area (Å²) in [6.45, 7) is 6.52. The molecule has 1 unspecified atom stereocenters. The number of nitrogens with zero attached hydrogens (tertiary/aromatic N) is 1. The van der Waals surface area contributed by atoms with Gasteiger partial charge in [-0.15, -0.1) is 0 Å². The van der Waals surface area contributed by atoms with E-state index in [0.717, 1.165) is 17.4 Å². The van der Waals surface area contributed by atoms with Crippen molar-refractivity contribution in [3.8, 4) is 0 Å². The molecule has 24 heavy (non-hydrogen) atoms. The summed E-state index contributed by atoms with van der Waals surface area (Å²) in [6, 6.07) is 0.690. The summed E-state index contributed by atoms with van der Waals surface area (Å²) >= 11 is 0. The predicted octanol–water partition coefficient (Wildman–Crippen LogP) is 5.06. The van der Waals surface area contributed by atoms with Gasteiger partial charge in [0, 0.05) is 13.0 Å². The number of hydrogen-bond acceptors (Lipinski definition) is 1. The maximum absolute atomic E-state index is 11.2. The van der Waals surface area contributed by atoms with Crippen molar-refractivity contribution in [1.82, 2.24) is 5.32 Å². The second-order valence-electron chi connectivity index (χ2n) is 8.02. The van der Waals surface area contributed by atoms with Gasteiger partial charge in [0.15, 0.2) is 0 Å². The first-order chi connectivity index (χ1) is 11.4. The van der Waals surface area contributed by atoms with E-state index >= 15 is 0 Å². The lowest BCUT2D eigenvalue weighted by molar-refractivity contribution is -0.896. The zero-order valence-electron chi connectivity index (χ0n) is 16.9. The molecule has 142 valence electrons. The van der Waals surface area contributed by atoms with E-state index in [9.17, 15) is 4.79 Å². The van der Waals surface area contributed by atoms with Gasteiger partial charge in [0.1, 0.15) is 0 Å². The van der Waals surface area contributed by atoms with Crippen LogP contribution >= 0.6 is 0 Å².